The lowest BCUT2D eigenvalue weighted by atomic mass is 10.1. The summed E-state index contributed by atoms with van der Waals surface area (Å²) >= 11 is 0. The summed E-state index contributed by atoms with van der Waals surface area (Å²) in [5.74, 6) is 3.47. The molecule has 1 fully saturated rings. The van der Waals surface area contributed by atoms with Gasteiger partial charge in [-0.3, -0.25) is 0 Å². The number of nitrogen functional groups attached to an aromatic ring is 1. The summed E-state index contributed by atoms with van der Waals surface area (Å²) in [4.78, 5) is 10.1. The lowest BCUT2D eigenvalue weighted by Gasteiger charge is -2.31. The summed E-state index contributed by atoms with van der Waals surface area (Å²) in [6.07, 6.45) is 8.19. The van der Waals surface area contributed by atoms with Crippen molar-refractivity contribution in [1.82, 2.24) is 9.97 Å². The van der Waals surface area contributed by atoms with E-state index in [9.17, 15) is 5.11 Å². The number of aliphatic hydroxyl groups excluding tert-OH is 1. The molecule has 5 heteroatoms. The molecular weight excluding hydrogens is 276 g/mol. The van der Waals surface area contributed by atoms with Crippen LogP contribution in [0.5, 0.6) is 0 Å². The smallest absolute Gasteiger partial charge is 0.222 e. The van der Waals surface area contributed by atoms with Crippen LogP contribution in [0.25, 0.3) is 11.1 Å². The number of hydrogen-bond acceptors (Lipinski definition) is 5. The van der Waals surface area contributed by atoms with Gasteiger partial charge in [0.25, 0.3) is 0 Å². The van der Waals surface area contributed by atoms with Gasteiger partial charge in [-0.1, -0.05) is 24.1 Å². The monoisotopic (exact) mass is 294 g/mol. The quantitative estimate of drug-likeness (QED) is 0.668. The molecule has 5 nitrogen and oxygen atoms in total. The summed E-state index contributed by atoms with van der Waals surface area (Å²) in [5, 5.41) is 9.43. The summed E-state index contributed by atoms with van der Waals surface area (Å²) in [6.45, 7) is 1.48. The molecule has 112 valence electrons. The highest BCUT2D eigenvalue weighted by Gasteiger charge is 2.20. The molecule has 4 rings (SSSR count). The predicted octanol–water partition coefficient (Wildman–Crippen LogP) is 1.67. The minimum absolute atomic E-state index is 0.218. The van der Waals surface area contributed by atoms with Gasteiger partial charge >= 0.3 is 0 Å². The maximum atomic E-state index is 9.43. The molecule has 1 aromatic rings. The first-order valence-corrected chi connectivity index (χ1v) is 7.30. The van der Waals surface area contributed by atoms with Crippen molar-refractivity contribution in [3.05, 3.63) is 36.0 Å². The topological polar surface area (TPSA) is 75.3 Å². The minimum Gasteiger partial charge on any atom is -0.393 e. The molecule has 2 aliphatic carbocycles. The van der Waals surface area contributed by atoms with E-state index in [-0.39, 0.29) is 12.1 Å². The van der Waals surface area contributed by atoms with Crippen LogP contribution in [0.3, 0.4) is 0 Å². The Morgan fingerprint density at radius 2 is 1.95 bits per heavy atom. The van der Waals surface area contributed by atoms with Crippen LogP contribution >= 0.6 is 0 Å². The van der Waals surface area contributed by atoms with Crippen molar-refractivity contribution in [3.8, 4) is 23.5 Å². The second-order valence-corrected chi connectivity index (χ2v) is 5.41. The van der Waals surface area contributed by atoms with Gasteiger partial charge < -0.3 is 15.7 Å². The Labute approximate surface area is 129 Å². The second-order valence-electron chi connectivity index (χ2n) is 5.41. The number of rotatable bonds is 1. The maximum absolute atomic E-state index is 9.43. The summed E-state index contributed by atoms with van der Waals surface area (Å²) in [6, 6.07) is 8.48. The van der Waals surface area contributed by atoms with Crippen molar-refractivity contribution in [1.29, 1.82) is 0 Å². The molecule has 0 unspecified atom stereocenters. The average molecular weight is 294 g/mol. The van der Waals surface area contributed by atoms with E-state index in [1.165, 1.54) is 11.1 Å². The number of hydrogen-bond donors (Lipinski definition) is 2. The van der Waals surface area contributed by atoms with Gasteiger partial charge in [0.05, 0.1) is 17.9 Å². The fraction of sp³-hybridized carbons (Fsp3) is 0.294. The molecule has 0 amide bonds. The lowest BCUT2D eigenvalue weighted by molar-refractivity contribution is 0.145. The highest BCUT2D eigenvalue weighted by atomic mass is 16.3. The average Bonchev–Trinajstić information content (AvgIpc) is 3.14. The van der Waals surface area contributed by atoms with Gasteiger partial charge in [-0.05, 0) is 30.0 Å². The molecule has 1 aliphatic heterocycles. The zero-order valence-corrected chi connectivity index (χ0v) is 12.2. The first kappa shape index (κ1) is 14.4. The van der Waals surface area contributed by atoms with Crippen molar-refractivity contribution < 1.29 is 5.11 Å². The van der Waals surface area contributed by atoms with Crippen LogP contribution in [0.1, 0.15) is 18.4 Å². The molecular formula is C17H18N4O. The number of benzene rings is 1. The SMILES string of the molecule is C#Cc1cnc(N)nc1N1CCC(O)CC1.c1cc2cc-2c1. The fourth-order valence-electron chi connectivity index (χ4n) is 2.48. The Hall–Kier alpha value is -2.58. The first-order valence-electron chi connectivity index (χ1n) is 7.30. The number of terminal acetylenes is 1. The molecule has 0 radical (unpaired) electrons. The summed E-state index contributed by atoms with van der Waals surface area (Å²) in [7, 11) is 0. The number of anilines is 2. The molecule has 1 aromatic heterocycles. The Balaban J connectivity index is 0.000000196. The van der Waals surface area contributed by atoms with E-state index < -0.39 is 0 Å². The zero-order chi connectivity index (χ0) is 15.5. The molecule has 3 aliphatic rings. The largest absolute Gasteiger partial charge is 0.393 e. The van der Waals surface area contributed by atoms with Crippen LogP contribution in [0, 0.1) is 12.3 Å². The van der Waals surface area contributed by atoms with Crippen LogP contribution in [-0.4, -0.2) is 34.3 Å². The Bertz CT molecular complexity index is 698. The van der Waals surface area contributed by atoms with Gasteiger partial charge in [0.15, 0.2) is 0 Å². The summed E-state index contributed by atoms with van der Waals surface area (Å²) < 4.78 is 0. The first-order chi connectivity index (χ1) is 10.7. The van der Waals surface area contributed by atoms with E-state index in [0.717, 1.165) is 25.9 Å². The van der Waals surface area contributed by atoms with Crippen LogP contribution in [0.2, 0.25) is 0 Å². The number of fused-ring (bicyclic) bond motifs is 1. The second kappa shape index (κ2) is 6.04. The number of piperidine rings is 1. The molecule has 0 bridgehead atoms. The third kappa shape index (κ3) is 3.18. The van der Waals surface area contributed by atoms with E-state index in [4.69, 9.17) is 12.2 Å². The maximum Gasteiger partial charge on any atom is 0.222 e. The molecule has 1 saturated heterocycles. The van der Waals surface area contributed by atoms with Gasteiger partial charge in [0.2, 0.25) is 5.95 Å². The van der Waals surface area contributed by atoms with Gasteiger partial charge in [-0.15, -0.1) is 6.42 Å². The molecule has 0 spiro atoms. The van der Waals surface area contributed by atoms with Crippen molar-refractivity contribution in [2.75, 3.05) is 23.7 Å². The lowest BCUT2D eigenvalue weighted by Crippen LogP contribution is -2.36. The van der Waals surface area contributed by atoms with Crippen LogP contribution < -0.4 is 10.6 Å². The highest BCUT2D eigenvalue weighted by molar-refractivity contribution is 5.80. The number of nitrogens with zero attached hydrogens (tertiary/aromatic N) is 3. The molecule has 0 saturated carbocycles. The van der Waals surface area contributed by atoms with Crippen LogP contribution in [0.15, 0.2) is 30.5 Å². The van der Waals surface area contributed by atoms with E-state index in [0.29, 0.717) is 11.4 Å². The Kier molecular flexibility index (Phi) is 3.94. The third-order valence-corrected chi connectivity index (χ3v) is 3.82. The molecule has 22 heavy (non-hydrogen) atoms. The van der Waals surface area contributed by atoms with Crippen molar-refractivity contribution in [2.45, 2.75) is 18.9 Å². The van der Waals surface area contributed by atoms with Crippen molar-refractivity contribution >= 4 is 11.8 Å². The molecule has 2 heterocycles. The normalized spacial score (nSPS) is 15.5. The van der Waals surface area contributed by atoms with Crippen LogP contribution in [0.4, 0.5) is 11.8 Å². The third-order valence-electron chi connectivity index (χ3n) is 3.82. The van der Waals surface area contributed by atoms with Crippen molar-refractivity contribution in [3.63, 3.8) is 0 Å². The number of aromatic nitrogens is 2. The van der Waals surface area contributed by atoms with E-state index >= 15 is 0 Å². The minimum atomic E-state index is -0.218. The summed E-state index contributed by atoms with van der Waals surface area (Å²) in [5.41, 5.74) is 9.05. The Morgan fingerprint density at radius 1 is 1.27 bits per heavy atom. The predicted molar refractivity (Wildman–Crippen MR) is 87.3 cm³/mol. The van der Waals surface area contributed by atoms with E-state index in [2.05, 4.69) is 40.2 Å². The van der Waals surface area contributed by atoms with Gasteiger partial charge in [-0.25, -0.2) is 4.98 Å². The van der Waals surface area contributed by atoms with E-state index in [1.807, 2.05) is 4.90 Å². The molecule has 3 N–H and O–H groups in total. The molecule has 0 atom stereocenters. The van der Waals surface area contributed by atoms with Crippen LogP contribution in [-0.2, 0) is 0 Å². The van der Waals surface area contributed by atoms with Gasteiger partial charge in [-0.2, -0.15) is 4.98 Å². The molecule has 0 aromatic carbocycles. The number of aliphatic hydroxyl groups is 1. The van der Waals surface area contributed by atoms with E-state index in [1.54, 1.807) is 6.20 Å². The number of nitrogens with two attached hydrogens (primary N) is 1. The Morgan fingerprint density at radius 3 is 2.45 bits per heavy atom. The highest BCUT2D eigenvalue weighted by Crippen LogP contribution is 2.32. The zero-order valence-electron chi connectivity index (χ0n) is 12.2. The standard InChI is InChI=1S/C11H14N4O.C6H4/c1-2-8-7-13-11(12)14-10(8)15-5-3-9(16)4-6-15;1-2-5-4-6(5)3-1/h1,7,9,16H,3-6H2,(H2,12,13,14);1-4H. The fourth-order valence-corrected chi connectivity index (χ4v) is 2.48. The van der Waals surface area contributed by atoms with Gasteiger partial charge in [0, 0.05) is 13.1 Å². The van der Waals surface area contributed by atoms with Gasteiger partial charge in [0.1, 0.15) is 5.82 Å². The van der Waals surface area contributed by atoms with Crippen molar-refractivity contribution in [2.24, 2.45) is 0 Å².